The van der Waals surface area contributed by atoms with Crippen molar-refractivity contribution in [2.45, 2.75) is 38.2 Å². The summed E-state index contributed by atoms with van der Waals surface area (Å²) >= 11 is 2.68. The van der Waals surface area contributed by atoms with E-state index in [0.717, 1.165) is 10.5 Å². The number of carbonyl (C=O) groups excluding carboxylic acids is 2. The van der Waals surface area contributed by atoms with Gasteiger partial charge in [-0.25, -0.2) is 8.78 Å². The summed E-state index contributed by atoms with van der Waals surface area (Å²) in [5, 5.41) is 15.7. The molecule has 0 spiro atoms. The minimum atomic E-state index is -3.09. The maximum atomic E-state index is 13.5. The Morgan fingerprint density at radius 3 is 2.74 bits per heavy atom. The Bertz CT molecular complexity index is 1030. The van der Waals surface area contributed by atoms with Crippen LogP contribution in [0.15, 0.2) is 30.5 Å². The van der Waals surface area contributed by atoms with Crippen LogP contribution in [0.5, 0.6) is 0 Å². The molecule has 6 nitrogen and oxygen atoms in total. The van der Waals surface area contributed by atoms with Gasteiger partial charge in [0.05, 0.1) is 30.2 Å². The first-order valence-electron chi connectivity index (χ1n) is 9.44. The molecule has 1 aliphatic heterocycles. The fraction of sp³-hybridized carbons (Fsp3) is 0.381. The number of amides is 2. The number of carbonyl (C=O) groups is 2. The Morgan fingerprint density at radius 1 is 1.45 bits per heavy atom. The van der Waals surface area contributed by atoms with Crippen molar-refractivity contribution in [1.29, 1.82) is 5.26 Å². The normalized spacial score (nSPS) is 16.9. The van der Waals surface area contributed by atoms with Crippen molar-refractivity contribution in [1.82, 2.24) is 15.2 Å². The molecule has 1 N–H and O–H groups in total. The van der Waals surface area contributed by atoms with E-state index in [9.17, 15) is 18.4 Å². The van der Waals surface area contributed by atoms with E-state index in [0.29, 0.717) is 28.9 Å². The molecule has 1 aromatic carbocycles. The summed E-state index contributed by atoms with van der Waals surface area (Å²) in [6.07, 6.45) is 0.816. The van der Waals surface area contributed by atoms with Crippen LogP contribution in [0.3, 0.4) is 0 Å². The first-order valence-corrected chi connectivity index (χ1v) is 14.9. The fourth-order valence-corrected chi connectivity index (χ4v) is 3.27. The summed E-state index contributed by atoms with van der Waals surface area (Å²) in [5.41, 5.74) is 2.04. The molecule has 1 aliphatic rings. The number of aromatic nitrogens is 1. The topological polar surface area (TPSA) is 86.1 Å². The monoisotopic (exact) mass is 578 g/mol. The van der Waals surface area contributed by atoms with E-state index in [1.807, 2.05) is 32.0 Å². The number of nitriles is 1. The number of fused-ring (bicyclic) bond motifs is 1. The first kappa shape index (κ1) is 25.4. The third kappa shape index (κ3) is 6.54. The number of hydrogen-bond donors (Lipinski definition) is 1. The van der Waals surface area contributed by atoms with Crippen molar-refractivity contribution >= 4 is 47.9 Å². The molecule has 10 heteroatoms. The summed E-state index contributed by atoms with van der Waals surface area (Å²) in [7, 11) is 0. The van der Waals surface area contributed by atoms with Gasteiger partial charge in [-0.05, 0) is 29.7 Å². The molecule has 164 valence electrons. The van der Waals surface area contributed by atoms with Crippen LogP contribution in [0, 0.1) is 11.3 Å². The van der Waals surface area contributed by atoms with Gasteiger partial charge in [-0.3, -0.25) is 14.6 Å². The van der Waals surface area contributed by atoms with Crippen LogP contribution in [0.2, 0.25) is 0 Å². The molecule has 0 saturated carbocycles. The summed E-state index contributed by atoms with van der Waals surface area (Å²) in [4.78, 5) is 29.9. The molecular weight excluding hydrogens is 556 g/mol. The van der Waals surface area contributed by atoms with Gasteiger partial charge in [-0.2, -0.15) is 5.26 Å². The van der Waals surface area contributed by atoms with Crippen LogP contribution in [0.1, 0.15) is 42.1 Å². The number of pyridine rings is 1. The number of nitrogens with one attached hydrogen (secondary N) is 1. The van der Waals surface area contributed by atoms with Gasteiger partial charge in [-0.1, -0.05) is 19.9 Å². The number of halogens is 3. The Balaban J connectivity index is 0.00000107. The Kier molecular flexibility index (Phi) is 9.09. The van der Waals surface area contributed by atoms with Crippen LogP contribution >= 0.6 is 20.0 Å². The average Bonchev–Trinajstić information content (AvgIpc) is 3.06. The molecule has 31 heavy (non-hydrogen) atoms. The number of likely N-dealkylation sites (tertiary alicyclic amines) is 1. The number of benzene rings is 1. The quantitative estimate of drug-likeness (QED) is 0.562. The maximum absolute atomic E-state index is 13.5. The van der Waals surface area contributed by atoms with Crippen molar-refractivity contribution in [3.63, 3.8) is 0 Å². The van der Waals surface area contributed by atoms with E-state index in [-0.39, 0.29) is 5.92 Å². The molecule has 2 amide bonds. The zero-order valence-corrected chi connectivity index (χ0v) is 20.7. The van der Waals surface area contributed by atoms with Crippen LogP contribution in [-0.2, 0) is 17.2 Å². The predicted molar refractivity (Wildman–Crippen MR) is 120 cm³/mol. The molecule has 2 aromatic rings. The first-order chi connectivity index (χ1) is 14.6. The summed E-state index contributed by atoms with van der Waals surface area (Å²) in [6.45, 7) is 2.80. The van der Waals surface area contributed by atoms with Crippen molar-refractivity contribution in [3.05, 3.63) is 41.6 Å². The van der Waals surface area contributed by atoms with Crippen molar-refractivity contribution < 1.29 is 30.8 Å². The molecule has 1 fully saturated rings. The van der Waals surface area contributed by atoms with Crippen molar-refractivity contribution in [2.75, 3.05) is 13.1 Å². The van der Waals surface area contributed by atoms with Gasteiger partial charge in [0.1, 0.15) is 6.04 Å². The molecule has 1 unspecified atom stereocenters. The minimum absolute atomic E-state index is 0.266. The number of alkyl halides is 2. The molecule has 0 radical (unpaired) electrons. The van der Waals surface area contributed by atoms with Crippen molar-refractivity contribution in [3.8, 4) is 6.07 Å². The second kappa shape index (κ2) is 11.1. The van der Waals surface area contributed by atoms with Gasteiger partial charge in [0.25, 0.3) is 11.8 Å². The van der Waals surface area contributed by atoms with Crippen LogP contribution in [0.4, 0.5) is 8.78 Å². The van der Waals surface area contributed by atoms with E-state index >= 15 is 0 Å². The Morgan fingerprint density at radius 2 is 2.13 bits per heavy atom. The van der Waals surface area contributed by atoms with Crippen LogP contribution in [-0.4, -0.2) is 52.0 Å². The summed E-state index contributed by atoms with van der Waals surface area (Å²) in [5.74, 6) is -4.03. The van der Waals surface area contributed by atoms with E-state index in [1.165, 1.54) is 6.20 Å². The summed E-state index contributed by atoms with van der Waals surface area (Å²) < 4.78 is 27.0. The summed E-state index contributed by atoms with van der Waals surface area (Å²) in [6, 6.07) is 7.74. The van der Waals surface area contributed by atoms with E-state index in [2.05, 4.69) is 35.5 Å². The van der Waals surface area contributed by atoms with E-state index in [4.69, 9.17) is 5.26 Å². The third-order valence-corrected chi connectivity index (χ3v) is 4.82. The van der Waals surface area contributed by atoms with E-state index < -0.39 is 43.3 Å². The van der Waals surface area contributed by atoms with Crippen molar-refractivity contribution in [2.24, 2.45) is 0 Å². The van der Waals surface area contributed by atoms with Gasteiger partial charge in [0.2, 0.25) is 5.91 Å². The third-order valence-electron chi connectivity index (χ3n) is 4.82. The molecule has 1 saturated heterocycles. The zero-order chi connectivity index (χ0) is 23.2. The van der Waals surface area contributed by atoms with Gasteiger partial charge >= 0.3 is 37.6 Å². The Labute approximate surface area is 197 Å². The number of hydrogen-bond acceptors (Lipinski definition) is 4. The average molecular weight is 578 g/mol. The second-order valence-electron chi connectivity index (χ2n) is 7.32. The SMILES string of the molecule is CC(C)c1ccc2nccc(C(=O)NCC(=O)N3CC(F)(F)CC3C#N)c2c1.[CH2]=[V][I]. The second-order valence-corrected chi connectivity index (χ2v) is 10.5. The molecule has 1 aromatic heterocycles. The van der Waals surface area contributed by atoms with Gasteiger partial charge in [0, 0.05) is 18.0 Å². The Hall–Kier alpha value is -1.90. The number of rotatable bonds is 4. The molecule has 0 aliphatic carbocycles. The molecule has 3 rings (SSSR count). The molecular formula is C21H22F2IN4O2V. The van der Waals surface area contributed by atoms with Crippen LogP contribution < -0.4 is 5.32 Å². The molecule has 1 atom stereocenters. The predicted octanol–water partition coefficient (Wildman–Crippen LogP) is 3.70. The van der Waals surface area contributed by atoms with Crippen LogP contribution in [0.25, 0.3) is 10.9 Å². The zero-order valence-electron chi connectivity index (χ0n) is 17.1. The van der Waals surface area contributed by atoms with E-state index in [1.54, 1.807) is 12.1 Å². The van der Waals surface area contributed by atoms with Gasteiger partial charge in [0.15, 0.2) is 0 Å². The van der Waals surface area contributed by atoms with Gasteiger partial charge < -0.3 is 10.2 Å². The molecule has 0 bridgehead atoms. The fourth-order valence-electron chi connectivity index (χ4n) is 3.27. The standard InChI is InChI=1S/C20H20F2N4O2.CH2.HI.V/c1-12(2)13-3-4-17-16(7-13)15(5-6-24-17)19(28)25-10-18(27)26-11-20(21,22)8-14(26)9-23;;;/h3-7,12,14H,8,10-11H2,1-2H3,(H,25,28);1H2;1H;/q;;;+1/p-1. The number of nitrogens with zero attached hydrogens (tertiary/aromatic N) is 3. The van der Waals surface area contributed by atoms with Gasteiger partial charge in [-0.15, -0.1) is 0 Å². The molecule has 2 heterocycles.